The van der Waals surface area contributed by atoms with Gasteiger partial charge in [-0.2, -0.15) is 0 Å². The predicted octanol–water partition coefficient (Wildman–Crippen LogP) is 1.05. The zero-order valence-corrected chi connectivity index (χ0v) is 10.6. The van der Waals surface area contributed by atoms with Crippen LogP contribution >= 0.6 is 0 Å². The molecule has 1 unspecified atom stereocenters. The highest BCUT2D eigenvalue weighted by Gasteiger charge is 2.14. The summed E-state index contributed by atoms with van der Waals surface area (Å²) < 4.78 is 4.82. The molecule has 0 aliphatic rings. The van der Waals surface area contributed by atoms with Crippen molar-refractivity contribution in [1.82, 2.24) is 10.2 Å². The molecular formula is C13H20N2O2. The van der Waals surface area contributed by atoms with E-state index >= 15 is 0 Å². The predicted molar refractivity (Wildman–Crippen MR) is 67.8 cm³/mol. The van der Waals surface area contributed by atoms with Crippen LogP contribution in [0.5, 0.6) is 0 Å². The van der Waals surface area contributed by atoms with Crippen molar-refractivity contribution in [2.45, 2.75) is 6.04 Å². The second-order valence-corrected chi connectivity index (χ2v) is 4.23. The topological polar surface area (TPSA) is 41.6 Å². The molecule has 17 heavy (non-hydrogen) atoms. The monoisotopic (exact) mass is 236 g/mol. The molecule has 0 radical (unpaired) electrons. The number of benzene rings is 1. The van der Waals surface area contributed by atoms with Crippen LogP contribution in [-0.2, 0) is 9.53 Å². The van der Waals surface area contributed by atoms with Gasteiger partial charge in [0.25, 0.3) is 0 Å². The first kappa shape index (κ1) is 13.7. The maximum absolute atomic E-state index is 11.6. The Kier molecular flexibility index (Phi) is 5.66. The van der Waals surface area contributed by atoms with Crippen molar-refractivity contribution in [3.05, 3.63) is 35.9 Å². The van der Waals surface area contributed by atoms with Gasteiger partial charge in [-0.1, -0.05) is 30.3 Å². The van der Waals surface area contributed by atoms with Crippen LogP contribution in [0.15, 0.2) is 30.3 Å². The van der Waals surface area contributed by atoms with E-state index in [0.29, 0.717) is 0 Å². The molecule has 1 atom stereocenters. The highest BCUT2D eigenvalue weighted by Crippen LogP contribution is 2.12. The van der Waals surface area contributed by atoms with Crippen molar-refractivity contribution in [1.29, 1.82) is 0 Å². The van der Waals surface area contributed by atoms with E-state index in [0.717, 1.165) is 12.1 Å². The van der Waals surface area contributed by atoms with E-state index in [9.17, 15) is 4.79 Å². The molecule has 1 aromatic rings. The van der Waals surface area contributed by atoms with Gasteiger partial charge in [-0.05, 0) is 19.7 Å². The molecule has 0 aromatic heterocycles. The molecule has 4 nitrogen and oxygen atoms in total. The number of carbonyl (C=O) groups excluding carboxylic acids is 1. The first-order valence-corrected chi connectivity index (χ1v) is 5.61. The Bertz CT molecular complexity index is 339. The van der Waals surface area contributed by atoms with E-state index in [1.165, 1.54) is 7.11 Å². The Morgan fingerprint density at radius 2 is 2.00 bits per heavy atom. The lowest BCUT2D eigenvalue weighted by Gasteiger charge is -2.22. The largest absolute Gasteiger partial charge is 0.375 e. The van der Waals surface area contributed by atoms with E-state index in [1.54, 1.807) is 0 Å². The molecule has 1 rings (SSSR count). The van der Waals surface area contributed by atoms with Crippen LogP contribution in [0.3, 0.4) is 0 Å². The third kappa shape index (κ3) is 4.97. The van der Waals surface area contributed by atoms with Gasteiger partial charge in [-0.15, -0.1) is 0 Å². The van der Waals surface area contributed by atoms with E-state index in [1.807, 2.05) is 49.3 Å². The van der Waals surface area contributed by atoms with Gasteiger partial charge in [0.2, 0.25) is 5.91 Å². The second kappa shape index (κ2) is 7.04. The van der Waals surface area contributed by atoms with Crippen LogP contribution in [0.4, 0.5) is 0 Å². The van der Waals surface area contributed by atoms with Crippen molar-refractivity contribution in [3.8, 4) is 0 Å². The van der Waals surface area contributed by atoms with Crippen LogP contribution in [0, 0.1) is 0 Å². The zero-order chi connectivity index (χ0) is 12.7. The van der Waals surface area contributed by atoms with Gasteiger partial charge in [-0.3, -0.25) is 4.79 Å². The molecule has 0 heterocycles. The third-order valence-electron chi connectivity index (χ3n) is 2.36. The summed E-state index contributed by atoms with van der Waals surface area (Å²) in [5, 5.41) is 2.96. The summed E-state index contributed by atoms with van der Waals surface area (Å²) in [4.78, 5) is 13.6. The summed E-state index contributed by atoms with van der Waals surface area (Å²) in [6, 6.07) is 9.94. The number of carbonyl (C=O) groups is 1. The molecule has 1 aromatic carbocycles. The van der Waals surface area contributed by atoms with Crippen LogP contribution in [0.2, 0.25) is 0 Å². The van der Waals surface area contributed by atoms with E-state index in [4.69, 9.17) is 4.74 Å². The van der Waals surface area contributed by atoms with Gasteiger partial charge in [-0.25, -0.2) is 0 Å². The van der Waals surface area contributed by atoms with Crippen LogP contribution in [0.25, 0.3) is 0 Å². The Labute approximate surface area is 103 Å². The molecule has 1 amide bonds. The first-order valence-electron chi connectivity index (χ1n) is 5.61. The normalized spacial score (nSPS) is 12.5. The van der Waals surface area contributed by atoms with Crippen molar-refractivity contribution < 1.29 is 9.53 Å². The molecule has 0 saturated heterocycles. The maximum atomic E-state index is 11.6. The average molecular weight is 236 g/mol. The number of hydrogen-bond acceptors (Lipinski definition) is 3. The molecular weight excluding hydrogens is 216 g/mol. The molecule has 0 aliphatic heterocycles. The van der Waals surface area contributed by atoms with Crippen molar-refractivity contribution >= 4 is 5.91 Å². The van der Waals surface area contributed by atoms with Crippen LogP contribution < -0.4 is 5.32 Å². The minimum absolute atomic E-state index is 0.00569. The van der Waals surface area contributed by atoms with Crippen LogP contribution in [-0.4, -0.2) is 45.2 Å². The SMILES string of the molecule is COCC(=O)NC(CN(C)C)c1ccccc1. The highest BCUT2D eigenvalue weighted by molar-refractivity contribution is 5.77. The fourth-order valence-electron chi connectivity index (χ4n) is 1.65. The van der Waals surface area contributed by atoms with Crippen molar-refractivity contribution in [3.63, 3.8) is 0 Å². The zero-order valence-electron chi connectivity index (χ0n) is 10.6. The Morgan fingerprint density at radius 1 is 1.35 bits per heavy atom. The lowest BCUT2D eigenvalue weighted by molar-refractivity contribution is -0.125. The van der Waals surface area contributed by atoms with Gasteiger partial charge in [0, 0.05) is 13.7 Å². The number of likely N-dealkylation sites (N-methyl/N-ethyl adjacent to an activating group) is 1. The van der Waals surface area contributed by atoms with Gasteiger partial charge >= 0.3 is 0 Å². The maximum Gasteiger partial charge on any atom is 0.246 e. The summed E-state index contributed by atoms with van der Waals surface area (Å²) in [6.45, 7) is 0.857. The highest BCUT2D eigenvalue weighted by atomic mass is 16.5. The summed E-state index contributed by atoms with van der Waals surface area (Å²) >= 11 is 0. The number of methoxy groups -OCH3 is 1. The molecule has 0 saturated carbocycles. The van der Waals surface area contributed by atoms with Gasteiger partial charge in [0.15, 0.2) is 0 Å². The number of ether oxygens (including phenoxy) is 1. The van der Waals surface area contributed by atoms with Gasteiger partial charge < -0.3 is 15.0 Å². The Morgan fingerprint density at radius 3 is 2.53 bits per heavy atom. The summed E-state index contributed by atoms with van der Waals surface area (Å²) in [6.07, 6.45) is 0. The fraction of sp³-hybridized carbons (Fsp3) is 0.462. The summed E-state index contributed by atoms with van der Waals surface area (Å²) in [5.41, 5.74) is 1.10. The molecule has 0 fully saturated rings. The third-order valence-corrected chi connectivity index (χ3v) is 2.36. The Balaban J connectivity index is 2.70. The number of hydrogen-bond donors (Lipinski definition) is 1. The molecule has 1 N–H and O–H groups in total. The molecule has 4 heteroatoms. The smallest absolute Gasteiger partial charge is 0.246 e. The van der Waals surface area contributed by atoms with E-state index < -0.39 is 0 Å². The van der Waals surface area contributed by atoms with Crippen molar-refractivity contribution in [2.24, 2.45) is 0 Å². The number of rotatable bonds is 6. The standard InChI is InChI=1S/C13H20N2O2/c1-15(2)9-12(14-13(16)10-17-3)11-7-5-4-6-8-11/h4-8,12H,9-10H2,1-3H3,(H,14,16). The minimum atomic E-state index is -0.0943. The Hall–Kier alpha value is -1.39. The molecule has 94 valence electrons. The molecule has 0 aliphatic carbocycles. The summed E-state index contributed by atoms with van der Waals surface area (Å²) in [5.74, 6) is -0.0943. The van der Waals surface area contributed by atoms with Crippen molar-refractivity contribution in [2.75, 3.05) is 34.4 Å². The quantitative estimate of drug-likeness (QED) is 0.803. The fourth-order valence-corrected chi connectivity index (χ4v) is 1.65. The molecule has 0 bridgehead atoms. The minimum Gasteiger partial charge on any atom is -0.375 e. The number of nitrogens with zero attached hydrogens (tertiary/aromatic N) is 1. The number of nitrogens with one attached hydrogen (secondary N) is 1. The van der Waals surface area contributed by atoms with Gasteiger partial charge in [0.1, 0.15) is 6.61 Å². The van der Waals surface area contributed by atoms with E-state index in [2.05, 4.69) is 5.32 Å². The van der Waals surface area contributed by atoms with Gasteiger partial charge in [0.05, 0.1) is 6.04 Å². The lowest BCUT2D eigenvalue weighted by atomic mass is 10.1. The van der Waals surface area contributed by atoms with Crippen LogP contribution in [0.1, 0.15) is 11.6 Å². The van der Waals surface area contributed by atoms with E-state index in [-0.39, 0.29) is 18.6 Å². The second-order valence-electron chi connectivity index (χ2n) is 4.23. The molecule has 0 spiro atoms. The average Bonchev–Trinajstić information content (AvgIpc) is 2.29. The first-order chi connectivity index (χ1) is 8.13. The lowest BCUT2D eigenvalue weighted by Crippen LogP contribution is -2.37. The number of amides is 1. The summed E-state index contributed by atoms with van der Waals surface area (Å²) in [7, 11) is 5.49.